The van der Waals surface area contributed by atoms with Gasteiger partial charge in [-0.1, -0.05) is 58.4 Å². The molecule has 21 heavy (non-hydrogen) atoms. The average Bonchev–Trinajstić information content (AvgIpc) is 2.47. The van der Waals surface area contributed by atoms with Crippen molar-refractivity contribution in [2.75, 3.05) is 6.54 Å². The predicted molar refractivity (Wildman–Crippen MR) is 84.1 cm³/mol. The van der Waals surface area contributed by atoms with Gasteiger partial charge >= 0.3 is 0 Å². The summed E-state index contributed by atoms with van der Waals surface area (Å²) >= 11 is 3.32. The number of carbonyl (C=O) groups excluding carboxylic acids is 1. The minimum atomic E-state index is -0.410. The minimum absolute atomic E-state index is 0.0907. The fourth-order valence-electron chi connectivity index (χ4n) is 2.20. The van der Waals surface area contributed by atoms with Crippen molar-refractivity contribution in [1.29, 1.82) is 0 Å². The molecule has 0 spiro atoms. The molecule has 0 amide bonds. The Morgan fingerprint density at radius 1 is 1.14 bits per heavy atom. The van der Waals surface area contributed by atoms with Crippen LogP contribution in [0.3, 0.4) is 0 Å². The highest BCUT2D eigenvalue weighted by Crippen LogP contribution is 2.23. The molecule has 0 aliphatic heterocycles. The van der Waals surface area contributed by atoms with Gasteiger partial charge in [-0.15, -0.1) is 0 Å². The molecule has 0 saturated carbocycles. The van der Waals surface area contributed by atoms with Gasteiger partial charge in [-0.2, -0.15) is 0 Å². The van der Waals surface area contributed by atoms with Gasteiger partial charge in [0.25, 0.3) is 0 Å². The summed E-state index contributed by atoms with van der Waals surface area (Å²) in [5, 5.41) is 10.8. The monoisotopic (exact) mass is 347 g/mol. The fraction of sp³-hybridized carbons (Fsp3) is 0.188. The zero-order valence-electron chi connectivity index (χ0n) is 11.2. The van der Waals surface area contributed by atoms with E-state index in [-0.39, 0.29) is 23.7 Å². The molecule has 5 heteroatoms. The SMILES string of the molecule is O=C(C[C@H](C[N+](=O)[O-])c1ccccc1)c1cccc(Br)c1. The Labute approximate surface area is 131 Å². The van der Waals surface area contributed by atoms with Crippen LogP contribution in [0.15, 0.2) is 59.1 Å². The van der Waals surface area contributed by atoms with E-state index in [4.69, 9.17) is 0 Å². The Balaban J connectivity index is 2.19. The average molecular weight is 348 g/mol. The van der Waals surface area contributed by atoms with E-state index < -0.39 is 5.92 Å². The summed E-state index contributed by atoms with van der Waals surface area (Å²) in [5.41, 5.74) is 1.38. The Kier molecular flexibility index (Phi) is 5.22. The molecular formula is C16H14BrNO3. The smallest absolute Gasteiger partial charge is 0.211 e. The maximum Gasteiger partial charge on any atom is 0.211 e. The van der Waals surface area contributed by atoms with Gasteiger partial charge in [0, 0.05) is 21.4 Å². The van der Waals surface area contributed by atoms with Gasteiger partial charge in [0.05, 0.1) is 5.92 Å². The molecule has 4 nitrogen and oxygen atoms in total. The van der Waals surface area contributed by atoms with Crippen molar-refractivity contribution < 1.29 is 9.72 Å². The molecule has 0 radical (unpaired) electrons. The van der Waals surface area contributed by atoms with E-state index in [1.165, 1.54) is 0 Å². The van der Waals surface area contributed by atoms with Gasteiger partial charge in [0.1, 0.15) is 0 Å². The van der Waals surface area contributed by atoms with Crippen LogP contribution in [0.2, 0.25) is 0 Å². The molecule has 0 saturated heterocycles. The van der Waals surface area contributed by atoms with Gasteiger partial charge < -0.3 is 0 Å². The lowest BCUT2D eigenvalue weighted by atomic mass is 9.91. The van der Waals surface area contributed by atoms with Gasteiger partial charge in [0.15, 0.2) is 5.78 Å². The molecule has 1 atom stereocenters. The molecule has 2 aromatic rings. The largest absolute Gasteiger partial charge is 0.294 e. The van der Waals surface area contributed by atoms with Crippen LogP contribution in [-0.4, -0.2) is 17.3 Å². The molecule has 0 aliphatic rings. The molecule has 0 aromatic heterocycles. The zero-order chi connectivity index (χ0) is 15.2. The maximum absolute atomic E-state index is 12.3. The van der Waals surface area contributed by atoms with Gasteiger partial charge in [0.2, 0.25) is 6.54 Å². The van der Waals surface area contributed by atoms with Crippen LogP contribution >= 0.6 is 15.9 Å². The van der Waals surface area contributed by atoms with E-state index in [2.05, 4.69) is 15.9 Å². The number of hydrogen-bond donors (Lipinski definition) is 0. The van der Waals surface area contributed by atoms with Crippen LogP contribution in [-0.2, 0) is 0 Å². The van der Waals surface area contributed by atoms with E-state index in [9.17, 15) is 14.9 Å². The number of hydrogen-bond acceptors (Lipinski definition) is 3. The Bertz CT molecular complexity index is 643. The van der Waals surface area contributed by atoms with Crippen molar-refractivity contribution in [3.8, 4) is 0 Å². The first-order valence-electron chi connectivity index (χ1n) is 6.52. The second-order valence-corrected chi connectivity index (χ2v) is 5.68. The summed E-state index contributed by atoms with van der Waals surface area (Å²) in [4.78, 5) is 22.8. The molecule has 0 aliphatic carbocycles. The number of carbonyl (C=O) groups is 1. The highest BCUT2D eigenvalue weighted by Gasteiger charge is 2.22. The van der Waals surface area contributed by atoms with Gasteiger partial charge in [-0.05, 0) is 17.7 Å². The number of nitrogens with zero attached hydrogens (tertiary/aromatic N) is 1. The first-order valence-corrected chi connectivity index (χ1v) is 7.31. The van der Waals surface area contributed by atoms with Crippen molar-refractivity contribution in [2.24, 2.45) is 0 Å². The van der Waals surface area contributed by atoms with Crippen molar-refractivity contribution in [1.82, 2.24) is 0 Å². The van der Waals surface area contributed by atoms with Crippen LogP contribution in [0.4, 0.5) is 0 Å². The summed E-state index contributed by atoms with van der Waals surface area (Å²) in [6, 6.07) is 16.2. The topological polar surface area (TPSA) is 60.2 Å². The lowest BCUT2D eigenvalue weighted by molar-refractivity contribution is -0.483. The normalized spacial score (nSPS) is 11.9. The summed E-state index contributed by atoms with van der Waals surface area (Å²) in [6.45, 7) is -0.246. The minimum Gasteiger partial charge on any atom is -0.294 e. The molecule has 0 fully saturated rings. The van der Waals surface area contributed by atoms with Gasteiger partial charge in [-0.25, -0.2) is 0 Å². The van der Waals surface area contributed by atoms with Crippen molar-refractivity contribution in [3.05, 3.63) is 80.3 Å². The predicted octanol–water partition coefficient (Wildman–Crippen LogP) is 4.08. The lowest BCUT2D eigenvalue weighted by Gasteiger charge is -2.12. The van der Waals surface area contributed by atoms with Crippen LogP contribution in [0.5, 0.6) is 0 Å². The van der Waals surface area contributed by atoms with Crippen LogP contribution in [0.1, 0.15) is 28.3 Å². The number of rotatable bonds is 6. The molecule has 0 bridgehead atoms. The maximum atomic E-state index is 12.3. The van der Waals surface area contributed by atoms with Crippen molar-refractivity contribution >= 4 is 21.7 Å². The van der Waals surface area contributed by atoms with Gasteiger partial charge in [-0.3, -0.25) is 14.9 Å². The number of benzene rings is 2. The van der Waals surface area contributed by atoms with E-state index in [1.807, 2.05) is 36.4 Å². The van der Waals surface area contributed by atoms with Crippen LogP contribution in [0.25, 0.3) is 0 Å². The third-order valence-electron chi connectivity index (χ3n) is 3.22. The summed E-state index contributed by atoms with van der Waals surface area (Å²) < 4.78 is 0.818. The van der Waals surface area contributed by atoms with E-state index in [0.29, 0.717) is 5.56 Å². The number of nitro groups is 1. The number of ketones is 1. The van der Waals surface area contributed by atoms with Crippen LogP contribution in [0, 0.1) is 10.1 Å². The standard InChI is InChI=1S/C16H14BrNO3/c17-15-8-4-7-13(9-15)16(19)10-14(11-18(20)21)12-5-2-1-3-6-12/h1-9,14H,10-11H2/t14-/m1/s1. The summed E-state index contributed by atoms with van der Waals surface area (Å²) in [7, 11) is 0. The zero-order valence-corrected chi connectivity index (χ0v) is 12.8. The second-order valence-electron chi connectivity index (χ2n) is 4.76. The first kappa shape index (κ1) is 15.4. The molecular weight excluding hydrogens is 334 g/mol. The van der Waals surface area contributed by atoms with Crippen LogP contribution < -0.4 is 0 Å². The summed E-state index contributed by atoms with van der Waals surface area (Å²) in [6.07, 6.45) is 0.126. The first-order chi connectivity index (χ1) is 10.1. The Morgan fingerprint density at radius 2 is 1.86 bits per heavy atom. The third kappa shape index (κ3) is 4.49. The molecule has 0 unspecified atom stereocenters. The molecule has 2 aromatic carbocycles. The molecule has 0 heterocycles. The van der Waals surface area contributed by atoms with Crippen molar-refractivity contribution in [2.45, 2.75) is 12.3 Å². The highest BCUT2D eigenvalue weighted by atomic mass is 79.9. The quantitative estimate of drug-likeness (QED) is 0.449. The number of halogens is 1. The lowest BCUT2D eigenvalue weighted by Crippen LogP contribution is -2.16. The van der Waals surface area contributed by atoms with Crippen molar-refractivity contribution in [3.63, 3.8) is 0 Å². The number of Topliss-reactive ketones (excluding diaryl/α,β-unsaturated/α-hetero) is 1. The molecule has 108 valence electrons. The highest BCUT2D eigenvalue weighted by molar-refractivity contribution is 9.10. The summed E-state index contributed by atoms with van der Waals surface area (Å²) in [5.74, 6) is -0.500. The molecule has 0 N–H and O–H groups in total. The fourth-order valence-corrected chi connectivity index (χ4v) is 2.60. The third-order valence-corrected chi connectivity index (χ3v) is 3.71. The second kappa shape index (κ2) is 7.13. The van der Waals surface area contributed by atoms with E-state index in [0.717, 1.165) is 10.0 Å². The molecule has 2 rings (SSSR count). The van der Waals surface area contributed by atoms with E-state index >= 15 is 0 Å². The Morgan fingerprint density at radius 3 is 2.48 bits per heavy atom. The Hall–Kier alpha value is -2.01. The van der Waals surface area contributed by atoms with E-state index in [1.54, 1.807) is 18.2 Å².